The van der Waals surface area contributed by atoms with E-state index in [-0.39, 0.29) is 11.0 Å². The monoisotopic (exact) mass is 484 g/mol. The van der Waals surface area contributed by atoms with Crippen molar-refractivity contribution >= 4 is 17.5 Å². The van der Waals surface area contributed by atoms with Gasteiger partial charge in [0, 0.05) is 22.3 Å². The van der Waals surface area contributed by atoms with Gasteiger partial charge in [0.1, 0.15) is 0 Å². The highest BCUT2D eigenvalue weighted by Gasteiger charge is 2.45. The van der Waals surface area contributed by atoms with E-state index in [1.165, 1.54) is 37.7 Å². The fourth-order valence-corrected chi connectivity index (χ4v) is 7.12. The summed E-state index contributed by atoms with van der Waals surface area (Å²) in [4.78, 5) is 14.4. The van der Waals surface area contributed by atoms with E-state index in [0.717, 1.165) is 59.1 Å². The summed E-state index contributed by atoms with van der Waals surface area (Å²) in [6.45, 7) is 2.24. The molecule has 1 fully saturated rings. The number of fused-ring (bicyclic) bond motifs is 6. The predicted molar refractivity (Wildman–Crippen MR) is 143 cm³/mol. The predicted octanol–water partition coefficient (Wildman–Crippen LogP) is 6.59. The Bertz CT molecular complexity index is 1420. The van der Waals surface area contributed by atoms with Gasteiger partial charge in [-0.3, -0.25) is 9.20 Å². The number of thioether (sulfide) groups is 1. The molecule has 4 aromatic rings. The first kappa shape index (κ1) is 22.6. The average molecular weight is 485 g/mol. The van der Waals surface area contributed by atoms with E-state index in [0.29, 0.717) is 5.78 Å². The van der Waals surface area contributed by atoms with E-state index in [1.54, 1.807) is 16.3 Å². The van der Waals surface area contributed by atoms with Gasteiger partial charge in [0.25, 0.3) is 5.56 Å². The summed E-state index contributed by atoms with van der Waals surface area (Å²) in [6.07, 6.45) is 10.3. The van der Waals surface area contributed by atoms with Crippen LogP contribution in [0.5, 0.6) is 0 Å². The molecule has 0 aliphatic heterocycles. The third-order valence-electron chi connectivity index (χ3n) is 7.83. The van der Waals surface area contributed by atoms with Crippen molar-refractivity contribution in [3.05, 3.63) is 76.1 Å². The first-order valence-electron chi connectivity index (χ1n) is 13.0. The second-order valence-electron chi connectivity index (χ2n) is 10.0. The summed E-state index contributed by atoms with van der Waals surface area (Å²) in [7, 11) is 0. The van der Waals surface area contributed by atoms with Crippen LogP contribution in [-0.2, 0) is 11.8 Å². The Balaban J connectivity index is 1.64. The highest BCUT2D eigenvalue weighted by molar-refractivity contribution is 7.99. The van der Waals surface area contributed by atoms with Crippen LogP contribution >= 0.6 is 11.8 Å². The average Bonchev–Trinajstić information content (AvgIpc) is 3.52. The van der Waals surface area contributed by atoms with Crippen molar-refractivity contribution in [2.45, 2.75) is 75.3 Å². The van der Waals surface area contributed by atoms with E-state index >= 15 is 0 Å². The molecule has 0 unspecified atom stereocenters. The van der Waals surface area contributed by atoms with Crippen molar-refractivity contribution in [2.24, 2.45) is 0 Å². The second kappa shape index (κ2) is 9.30. The van der Waals surface area contributed by atoms with Crippen molar-refractivity contribution in [2.75, 3.05) is 5.75 Å². The summed E-state index contributed by atoms with van der Waals surface area (Å²) in [5, 5.41) is 10.2. The number of para-hydroxylation sites is 1. The molecule has 2 aromatic carbocycles. The van der Waals surface area contributed by atoms with Gasteiger partial charge in [-0.15, -0.1) is 10.2 Å². The number of aromatic nitrogens is 4. The lowest BCUT2D eigenvalue weighted by Gasteiger charge is -2.37. The molecule has 0 atom stereocenters. The van der Waals surface area contributed by atoms with Gasteiger partial charge in [-0.05, 0) is 43.4 Å². The standard InChI is InChI=1S/C29H32N4OS/c1-2-3-4-12-19-35-28-31-30-27-32(22-14-6-5-7-15-22)26(34)24-25(33(27)28)23-16-9-8-13-21(23)20-29(24)17-10-11-18-29/h5-9,13-16H,2-4,10-12,17-20H2,1H3. The zero-order valence-electron chi connectivity index (χ0n) is 20.4. The van der Waals surface area contributed by atoms with Crippen molar-refractivity contribution < 1.29 is 0 Å². The van der Waals surface area contributed by atoms with Gasteiger partial charge >= 0.3 is 0 Å². The Labute approximate surface area is 210 Å². The fourth-order valence-electron chi connectivity index (χ4n) is 6.18. The minimum absolute atomic E-state index is 0.0713. The molecule has 6 heteroatoms. The quantitative estimate of drug-likeness (QED) is 0.219. The molecule has 35 heavy (non-hydrogen) atoms. The maximum Gasteiger partial charge on any atom is 0.263 e. The molecule has 6 rings (SSSR count). The largest absolute Gasteiger partial charge is 0.268 e. The summed E-state index contributed by atoms with van der Waals surface area (Å²) in [5.74, 6) is 1.62. The molecule has 2 aliphatic rings. The Morgan fingerprint density at radius 3 is 2.51 bits per heavy atom. The van der Waals surface area contributed by atoms with Crippen LogP contribution in [-0.4, -0.2) is 24.9 Å². The number of unbranched alkanes of at least 4 members (excludes halogenated alkanes) is 3. The van der Waals surface area contributed by atoms with E-state index in [2.05, 4.69) is 45.8 Å². The molecule has 0 N–H and O–H groups in total. The minimum atomic E-state index is -0.112. The van der Waals surface area contributed by atoms with Crippen molar-refractivity contribution in [3.8, 4) is 16.9 Å². The summed E-state index contributed by atoms with van der Waals surface area (Å²) < 4.78 is 4.01. The fraction of sp³-hybridized carbons (Fsp3) is 0.414. The van der Waals surface area contributed by atoms with Crippen LogP contribution < -0.4 is 5.56 Å². The maximum atomic E-state index is 14.4. The molecule has 1 saturated carbocycles. The first-order valence-corrected chi connectivity index (χ1v) is 14.0. The zero-order valence-corrected chi connectivity index (χ0v) is 21.2. The van der Waals surface area contributed by atoms with E-state index in [4.69, 9.17) is 0 Å². The lowest BCUT2D eigenvalue weighted by atomic mass is 9.68. The Kier molecular flexibility index (Phi) is 6.01. The van der Waals surface area contributed by atoms with Crippen LogP contribution in [0.3, 0.4) is 0 Å². The van der Waals surface area contributed by atoms with Crippen LogP contribution in [0.4, 0.5) is 0 Å². The number of benzene rings is 2. The number of hydrogen-bond donors (Lipinski definition) is 0. The number of rotatable bonds is 7. The molecule has 5 nitrogen and oxygen atoms in total. The van der Waals surface area contributed by atoms with Crippen LogP contribution in [0, 0.1) is 0 Å². The summed E-state index contributed by atoms with van der Waals surface area (Å²) >= 11 is 1.77. The van der Waals surface area contributed by atoms with Crippen LogP contribution in [0.25, 0.3) is 22.7 Å². The molecule has 1 spiro atoms. The van der Waals surface area contributed by atoms with Gasteiger partial charge in [0.2, 0.25) is 5.78 Å². The highest BCUT2D eigenvalue weighted by atomic mass is 32.2. The summed E-state index contributed by atoms with van der Waals surface area (Å²) in [5.41, 5.74) is 5.31. The van der Waals surface area contributed by atoms with Crippen LogP contribution in [0.1, 0.15) is 69.4 Å². The molecule has 0 saturated heterocycles. The Morgan fingerprint density at radius 2 is 1.71 bits per heavy atom. The van der Waals surface area contributed by atoms with Gasteiger partial charge in [-0.1, -0.05) is 93.3 Å². The van der Waals surface area contributed by atoms with Crippen molar-refractivity contribution in [1.29, 1.82) is 0 Å². The van der Waals surface area contributed by atoms with Gasteiger partial charge in [0.15, 0.2) is 5.16 Å². The molecule has 2 aromatic heterocycles. The Hall–Kier alpha value is -2.86. The van der Waals surface area contributed by atoms with E-state index < -0.39 is 0 Å². The second-order valence-corrected chi connectivity index (χ2v) is 11.1. The van der Waals surface area contributed by atoms with Gasteiger partial charge in [-0.25, -0.2) is 4.57 Å². The van der Waals surface area contributed by atoms with E-state index in [1.807, 2.05) is 30.3 Å². The van der Waals surface area contributed by atoms with Gasteiger partial charge in [0.05, 0.1) is 11.4 Å². The number of hydrogen-bond acceptors (Lipinski definition) is 4. The topological polar surface area (TPSA) is 52.2 Å². The van der Waals surface area contributed by atoms with Gasteiger partial charge < -0.3 is 0 Å². The number of nitrogens with zero attached hydrogens (tertiary/aromatic N) is 4. The molecule has 0 bridgehead atoms. The third kappa shape index (κ3) is 3.74. The highest BCUT2D eigenvalue weighted by Crippen LogP contribution is 2.50. The van der Waals surface area contributed by atoms with Crippen LogP contribution in [0.2, 0.25) is 0 Å². The van der Waals surface area contributed by atoms with E-state index in [9.17, 15) is 4.79 Å². The lowest BCUT2D eigenvalue weighted by Crippen LogP contribution is -2.40. The zero-order chi connectivity index (χ0) is 23.8. The summed E-state index contributed by atoms with van der Waals surface area (Å²) in [6, 6.07) is 18.6. The van der Waals surface area contributed by atoms with Crippen molar-refractivity contribution in [3.63, 3.8) is 0 Å². The first-order chi connectivity index (χ1) is 17.2. The molecular formula is C29H32N4OS. The molecular weight excluding hydrogens is 452 g/mol. The molecule has 0 radical (unpaired) electrons. The molecule has 2 aliphatic carbocycles. The normalized spacial score (nSPS) is 16.0. The van der Waals surface area contributed by atoms with Crippen LogP contribution in [0.15, 0.2) is 64.5 Å². The SMILES string of the molecule is CCCCCCSc1nnc2n(-c3ccccc3)c(=O)c3c(n12)-c1ccccc1CC31CCCC1. The minimum Gasteiger partial charge on any atom is -0.268 e. The third-order valence-corrected chi connectivity index (χ3v) is 8.84. The molecule has 180 valence electrons. The maximum absolute atomic E-state index is 14.4. The lowest BCUT2D eigenvalue weighted by molar-refractivity contribution is 0.424. The van der Waals surface area contributed by atoms with Crippen molar-refractivity contribution in [1.82, 2.24) is 19.2 Å². The molecule has 2 heterocycles. The molecule has 0 amide bonds. The smallest absolute Gasteiger partial charge is 0.263 e. The Morgan fingerprint density at radius 1 is 0.943 bits per heavy atom. The van der Waals surface area contributed by atoms with Gasteiger partial charge in [-0.2, -0.15) is 0 Å².